The topological polar surface area (TPSA) is 12.0 Å². The SMILES string of the molecule is [CH-]1CCCNC1.[W].[W]. The second-order valence-electron chi connectivity index (χ2n) is 1.64. The molecule has 8 heavy (non-hydrogen) atoms. The summed E-state index contributed by atoms with van der Waals surface area (Å²) in [5, 5.41) is 3.23. The van der Waals surface area contributed by atoms with Crippen LogP contribution in [0.15, 0.2) is 0 Å². The van der Waals surface area contributed by atoms with Crippen LogP contribution >= 0.6 is 0 Å². The Morgan fingerprint density at radius 1 is 1.25 bits per heavy atom. The van der Waals surface area contributed by atoms with E-state index in [1.807, 2.05) is 0 Å². The molecule has 1 rings (SSSR count). The molecule has 48 valence electrons. The van der Waals surface area contributed by atoms with Gasteiger partial charge in [0.2, 0.25) is 0 Å². The van der Waals surface area contributed by atoms with E-state index in [-0.39, 0.29) is 42.1 Å². The summed E-state index contributed by atoms with van der Waals surface area (Å²) < 4.78 is 0. The van der Waals surface area contributed by atoms with Gasteiger partial charge in [0.05, 0.1) is 0 Å². The van der Waals surface area contributed by atoms with Gasteiger partial charge in [-0.2, -0.15) is 6.42 Å². The quantitative estimate of drug-likeness (QED) is 0.531. The average Bonchev–Trinajstić information content (AvgIpc) is 1.72. The molecule has 1 saturated heterocycles. The van der Waals surface area contributed by atoms with E-state index in [4.69, 9.17) is 0 Å². The molecule has 1 N–H and O–H groups in total. The van der Waals surface area contributed by atoms with Crippen molar-refractivity contribution in [3.8, 4) is 0 Å². The maximum atomic E-state index is 3.23. The monoisotopic (exact) mass is 452 g/mol. The van der Waals surface area contributed by atoms with Gasteiger partial charge in [0, 0.05) is 42.1 Å². The van der Waals surface area contributed by atoms with E-state index in [1.165, 1.54) is 19.4 Å². The summed E-state index contributed by atoms with van der Waals surface area (Å²) in [7, 11) is 0. The predicted octanol–water partition coefficient (Wildman–Crippen LogP) is 0.569. The molecule has 3 heteroatoms. The van der Waals surface area contributed by atoms with Crippen molar-refractivity contribution in [2.24, 2.45) is 0 Å². The molecule has 0 aromatic rings. The van der Waals surface area contributed by atoms with Gasteiger partial charge in [-0.15, -0.1) is 6.54 Å². The normalized spacial score (nSPS) is 18.0. The molecule has 0 radical (unpaired) electrons. The molecule has 0 spiro atoms. The van der Waals surface area contributed by atoms with Crippen molar-refractivity contribution in [3.05, 3.63) is 6.42 Å². The first-order valence-corrected chi connectivity index (χ1v) is 2.52. The van der Waals surface area contributed by atoms with E-state index in [0.29, 0.717) is 0 Å². The summed E-state index contributed by atoms with van der Waals surface area (Å²) in [6, 6.07) is 0. The van der Waals surface area contributed by atoms with Gasteiger partial charge in [-0.1, -0.05) is 6.42 Å². The Morgan fingerprint density at radius 2 is 2.00 bits per heavy atom. The maximum Gasteiger partial charge on any atom is 0 e. The Bertz CT molecular complexity index is 25.9. The van der Waals surface area contributed by atoms with E-state index in [1.54, 1.807) is 0 Å². The Kier molecular flexibility index (Phi) is 12.6. The zero-order valence-corrected chi connectivity index (χ0v) is 10.6. The molecule has 1 aliphatic rings. The van der Waals surface area contributed by atoms with Gasteiger partial charge in [0.15, 0.2) is 0 Å². The molecule has 0 bridgehead atoms. The number of nitrogens with one attached hydrogen (secondary N) is 1. The van der Waals surface area contributed by atoms with Crippen molar-refractivity contribution in [1.82, 2.24) is 5.32 Å². The summed E-state index contributed by atoms with van der Waals surface area (Å²) >= 11 is 0. The molecule has 1 nitrogen and oxygen atoms in total. The smallest absolute Gasteiger partial charge is 0 e. The maximum absolute atomic E-state index is 3.23. The first-order chi connectivity index (χ1) is 3.00. The standard InChI is InChI=1S/C5H10N.2W/c1-2-4-6-5-3-1;;/h2,6H,1,3-5H2;;/q-1;;. The molecule has 0 aromatic carbocycles. The third kappa shape index (κ3) is 5.47. The third-order valence-corrected chi connectivity index (χ3v) is 1.05. The fourth-order valence-corrected chi connectivity index (χ4v) is 0.678. The molecule has 1 aliphatic heterocycles. The zero-order valence-electron chi connectivity index (χ0n) is 4.72. The largest absolute Gasteiger partial charge is 0.346 e. The molecule has 0 aromatic heterocycles. The van der Waals surface area contributed by atoms with Crippen molar-refractivity contribution >= 4 is 0 Å². The fraction of sp³-hybridized carbons (Fsp3) is 0.800. The van der Waals surface area contributed by atoms with Gasteiger partial charge in [0.25, 0.3) is 0 Å². The van der Waals surface area contributed by atoms with Gasteiger partial charge in [-0.25, -0.2) is 0 Å². The van der Waals surface area contributed by atoms with Crippen LogP contribution in [0.25, 0.3) is 0 Å². The van der Waals surface area contributed by atoms with Crippen LogP contribution in [0.4, 0.5) is 0 Å². The van der Waals surface area contributed by atoms with Gasteiger partial charge in [0.1, 0.15) is 0 Å². The van der Waals surface area contributed by atoms with Crippen molar-refractivity contribution in [3.63, 3.8) is 0 Å². The van der Waals surface area contributed by atoms with Gasteiger partial charge < -0.3 is 11.7 Å². The molecule has 1 heterocycles. The Balaban J connectivity index is 0. The Labute approximate surface area is 79.5 Å². The molecule has 0 atom stereocenters. The van der Waals surface area contributed by atoms with Gasteiger partial charge in [-0.05, 0) is 6.54 Å². The molecule has 0 amide bonds. The first-order valence-electron chi connectivity index (χ1n) is 2.52. The molecular weight excluding hydrogens is 442 g/mol. The minimum Gasteiger partial charge on any atom is -0.346 e. The van der Waals surface area contributed by atoms with E-state index in [0.717, 1.165) is 6.54 Å². The van der Waals surface area contributed by atoms with Crippen LogP contribution in [0.1, 0.15) is 12.8 Å². The van der Waals surface area contributed by atoms with Crippen LogP contribution in [0.2, 0.25) is 0 Å². The van der Waals surface area contributed by atoms with E-state index >= 15 is 0 Å². The molecule has 1 fully saturated rings. The summed E-state index contributed by atoms with van der Waals surface area (Å²) in [4.78, 5) is 0. The fourth-order valence-electron chi connectivity index (χ4n) is 0.678. The van der Waals surface area contributed by atoms with Crippen LogP contribution in [0.5, 0.6) is 0 Å². The number of hydrogen-bond donors (Lipinski definition) is 1. The number of rotatable bonds is 0. The van der Waals surface area contributed by atoms with Crippen molar-refractivity contribution in [2.45, 2.75) is 12.8 Å². The number of piperidine rings is 1. The van der Waals surface area contributed by atoms with Gasteiger partial charge in [-0.3, -0.25) is 0 Å². The summed E-state index contributed by atoms with van der Waals surface area (Å²) in [5.74, 6) is 0. The van der Waals surface area contributed by atoms with Crippen molar-refractivity contribution < 1.29 is 42.1 Å². The zero-order chi connectivity index (χ0) is 4.24. The number of hydrogen-bond acceptors (Lipinski definition) is 1. The Morgan fingerprint density at radius 3 is 2.12 bits per heavy atom. The second-order valence-corrected chi connectivity index (χ2v) is 1.64. The first kappa shape index (κ1) is 12.1. The summed E-state index contributed by atoms with van der Waals surface area (Å²) in [6.45, 7) is 2.34. The van der Waals surface area contributed by atoms with Crippen molar-refractivity contribution in [2.75, 3.05) is 13.1 Å². The third-order valence-electron chi connectivity index (χ3n) is 1.05. The average molecular weight is 452 g/mol. The van der Waals surface area contributed by atoms with E-state index in [2.05, 4.69) is 11.7 Å². The molecule has 0 unspecified atom stereocenters. The van der Waals surface area contributed by atoms with Crippen LogP contribution < -0.4 is 5.32 Å². The molecule has 0 saturated carbocycles. The summed E-state index contributed by atoms with van der Waals surface area (Å²) in [6.07, 6.45) is 4.93. The Hall–Kier alpha value is 1.34. The second kappa shape index (κ2) is 8.34. The van der Waals surface area contributed by atoms with Crippen LogP contribution in [0, 0.1) is 6.42 Å². The molecule has 0 aliphatic carbocycles. The molecular formula is C5H10NW2-. The van der Waals surface area contributed by atoms with Crippen LogP contribution in [0.3, 0.4) is 0 Å². The minimum atomic E-state index is 0. The summed E-state index contributed by atoms with van der Waals surface area (Å²) in [5.41, 5.74) is 0. The van der Waals surface area contributed by atoms with Gasteiger partial charge >= 0.3 is 0 Å². The van der Waals surface area contributed by atoms with Crippen molar-refractivity contribution in [1.29, 1.82) is 0 Å². The minimum absolute atomic E-state index is 0. The predicted molar refractivity (Wildman–Crippen MR) is 26.4 cm³/mol. The van der Waals surface area contributed by atoms with Crippen LogP contribution in [-0.4, -0.2) is 13.1 Å². The van der Waals surface area contributed by atoms with Crippen LogP contribution in [-0.2, 0) is 42.1 Å². The van der Waals surface area contributed by atoms with E-state index < -0.39 is 0 Å². The van der Waals surface area contributed by atoms with E-state index in [9.17, 15) is 0 Å².